The van der Waals surface area contributed by atoms with Crippen LogP contribution in [0, 0.1) is 0 Å². The van der Waals surface area contributed by atoms with Crippen molar-refractivity contribution in [1.82, 2.24) is 24.9 Å². The van der Waals surface area contributed by atoms with Crippen LogP contribution in [0.25, 0.3) is 11.0 Å². The van der Waals surface area contributed by atoms with Crippen LogP contribution in [-0.4, -0.2) is 37.8 Å². The molecule has 2 aromatic heterocycles. The number of hydrogen-bond donors (Lipinski definition) is 0. The molecule has 2 heterocycles. The number of nitrogens with zero attached hydrogens (tertiary/aromatic N) is 5. The largest absolute Gasteiger partial charge is 0.337 e. The molecule has 0 aliphatic rings. The predicted octanol–water partition coefficient (Wildman–Crippen LogP) is 2.05. The van der Waals surface area contributed by atoms with Crippen molar-refractivity contribution in [3.63, 3.8) is 0 Å². The minimum Gasteiger partial charge on any atom is -0.337 e. The molecule has 0 radical (unpaired) electrons. The average Bonchev–Trinajstić information content (AvgIpc) is 2.96. The van der Waals surface area contributed by atoms with E-state index in [1.54, 1.807) is 24.3 Å². The summed E-state index contributed by atoms with van der Waals surface area (Å²) in [4.78, 5) is 19.6. The zero-order chi connectivity index (χ0) is 15.5. The van der Waals surface area contributed by atoms with Crippen molar-refractivity contribution in [3.8, 4) is 0 Å². The van der Waals surface area contributed by atoms with Gasteiger partial charge >= 0.3 is 0 Å². The number of aromatic nitrogens is 4. The van der Waals surface area contributed by atoms with Gasteiger partial charge in [-0.25, -0.2) is 0 Å². The normalized spacial score (nSPS) is 12.3. The molecule has 1 unspecified atom stereocenters. The molecule has 1 atom stereocenters. The van der Waals surface area contributed by atoms with E-state index in [0.717, 1.165) is 16.6 Å². The lowest BCUT2D eigenvalue weighted by Gasteiger charge is -2.24. The second-order valence-electron chi connectivity index (χ2n) is 5.19. The molecule has 0 bridgehead atoms. The summed E-state index contributed by atoms with van der Waals surface area (Å²) in [6, 6.07) is 11.3. The molecule has 22 heavy (non-hydrogen) atoms. The molecule has 0 saturated carbocycles. The maximum absolute atomic E-state index is 12.4. The number of rotatable bonds is 4. The molecule has 112 valence electrons. The third-order valence-corrected chi connectivity index (χ3v) is 3.75. The lowest BCUT2D eigenvalue weighted by atomic mass is 10.1. The van der Waals surface area contributed by atoms with Crippen molar-refractivity contribution in [2.75, 3.05) is 7.05 Å². The topological polar surface area (TPSA) is 63.9 Å². The van der Waals surface area contributed by atoms with E-state index in [2.05, 4.69) is 15.2 Å². The molecule has 6 heteroatoms. The number of carbonyl (C=O) groups is 1. The molecule has 1 amide bonds. The Hall–Kier alpha value is -2.76. The molecule has 0 aliphatic carbocycles. The molecule has 0 fully saturated rings. The Labute approximate surface area is 128 Å². The fourth-order valence-corrected chi connectivity index (χ4v) is 2.27. The highest BCUT2D eigenvalue weighted by atomic mass is 16.2. The van der Waals surface area contributed by atoms with Crippen molar-refractivity contribution < 1.29 is 4.79 Å². The summed E-state index contributed by atoms with van der Waals surface area (Å²) < 4.78 is 0. The van der Waals surface area contributed by atoms with E-state index in [4.69, 9.17) is 0 Å². The first-order chi connectivity index (χ1) is 10.6. The van der Waals surface area contributed by atoms with Crippen molar-refractivity contribution in [2.24, 2.45) is 0 Å². The van der Waals surface area contributed by atoms with Gasteiger partial charge in [-0.2, -0.15) is 15.0 Å². The maximum atomic E-state index is 12.4. The Kier molecular flexibility index (Phi) is 3.82. The van der Waals surface area contributed by atoms with Gasteiger partial charge in [0.15, 0.2) is 0 Å². The van der Waals surface area contributed by atoms with Gasteiger partial charge < -0.3 is 4.90 Å². The van der Waals surface area contributed by atoms with Crippen LogP contribution in [0.2, 0.25) is 0 Å². The van der Waals surface area contributed by atoms with Gasteiger partial charge in [-0.15, -0.1) is 0 Å². The highest BCUT2D eigenvalue weighted by Crippen LogP contribution is 2.17. The number of hydrogen-bond acceptors (Lipinski definition) is 4. The summed E-state index contributed by atoms with van der Waals surface area (Å²) in [6.07, 6.45) is 3.49. The smallest absolute Gasteiger partial charge is 0.246 e. The second kappa shape index (κ2) is 5.93. The first-order valence-electron chi connectivity index (χ1n) is 7.10. The minimum absolute atomic E-state index is 0.0448. The number of likely N-dealkylation sites (N-methyl/N-ethyl adjacent to an activating group) is 1. The van der Waals surface area contributed by atoms with Gasteiger partial charge in [-0.3, -0.25) is 9.78 Å². The monoisotopic (exact) mass is 295 g/mol. The van der Waals surface area contributed by atoms with Gasteiger partial charge in [-0.1, -0.05) is 18.2 Å². The van der Waals surface area contributed by atoms with Crippen molar-refractivity contribution in [2.45, 2.75) is 19.5 Å². The van der Waals surface area contributed by atoms with E-state index < -0.39 is 0 Å². The Balaban J connectivity index is 1.73. The van der Waals surface area contributed by atoms with Crippen molar-refractivity contribution in [1.29, 1.82) is 0 Å². The summed E-state index contributed by atoms with van der Waals surface area (Å²) >= 11 is 0. The van der Waals surface area contributed by atoms with Gasteiger partial charge in [0.2, 0.25) is 5.91 Å². The van der Waals surface area contributed by atoms with Crippen molar-refractivity contribution >= 4 is 16.9 Å². The van der Waals surface area contributed by atoms with Crippen LogP contribution in [0.5, 0.6) is 0 Å². The minimum atomic E-state index is -0.0498. The number of benzene rings is 1. The fourth-order valence-electron chi connectivity index (χ4n) is 2.27. The summed E-state index contributed by atoms with van der Waals surface area (Å²) in [7, 11) is 1.78. The number of amides is 1. The van der Waals surface area contributed by atoms with E-state index >= 15 is 0 Å². The molecule has 0 saturated heterocycles. The van der Waals surface area contributed by atoms with E-state index in [1.807, 2.05) is 43.3 Å². The second-order valence-corrected chi connectivity index (χ2v) is 5.19. The third kappa shape index (κ3) is 2.81. The Morgan fingerprint density at radius 3 is 2.45 bits per heavy atom. The van der Waals surface area contributed by atoms with Crippen LogP contribution in [0.15, 0.2) is 48.8 Å². The zero-order valence-corrected chi connectivity index (χ0v) is 12.5. The van der Waals surface area contributed by atoms with Crippen LogP contribution in [0.4, 0.5) is 0 Å². The van der Waals surface area contributed by atoms with Crippen LogP contribution in [0.3, 0.4) is 0 Å². The molecule has 3 rings (SSSR count). The van der Waals surface area contributed by atoms with Crippen LogP contribution in [-0.2, 0) is 11.3 Å². The molecule has 6 nitrogen and oxygen atoms in total. The van der Waals surface area contributed by atoms with E-state index in [-0.39, 0.29) is 18.5 Å². The lowest BCUT2D eigenvalue weighted by molar-refractivity contribution is -0.132. The summed E-state index contributed by atoms with van der Waals surface area (Å²) in [5.74, 6) is -0.0448. The number of fused-ring (bicyclic) bond motifs is 1. The van der Waals surface area contributed by atoms with E-state index in [0.29, 0.717) is 0 Å². The first kappa shape index (κ1) is 14.2. The first-order valence-corrected chi connectivity index (χ1v) is 7.10. The molecule has 0 aliphatic heterocycles. The zero-order valence-electron chi connectivity index (χ0n) is 12.5. The highest BCUT2D eigenvalue weighted by Gasteiger charge is 2.18. The Morgan fingerprint density at radius 2 is 1.86 bits per heavy atom. The van der Waals surface area contributed by atoms with Crippen LogP contribution < -0.4 is 0 Å². The number of pyridine rings is 1. The fraction of sp³-hybridized carbons (Fsp3) is 0.250. The van der Waals surface area contributed by atoms with Crippen molar-refractivity contribution in [3.05, 3.63) is 54.4 Å². The standard InChI is InChI=1S/C16H17N5O/c1-12(13-6-5-9-17-10-13)20(2)16(22)11-21-18-14-7-3-4-8-15(14)19-21/h3-10,12H,11H2,1-2H3. The molecule has 0 N–H and O–H groups in total. The summed E-state index contributed by atoms with van der Waals surface area (Å²) in [5.41, 5.74) is 2.58. The SMILES string of the molecule is CC(c1cccnc1)N(C)C(=O)Cn1nc2ccccc2n1. The molecule has 1 aromatic carbocycles. The quantitative estimate of drug-likeness (QED) is 0.739. The molecule has 3 aromatic rings. The third-order valence-electron chi connectivity index (χ3n) is 3.75. The van der Waals surface area contributed by atoms with Gasteiger partial charge in [0.25, 0.3) is 0 Å². The van der Waals surface area contributed by atoms with E-state index in [9.17, 15) is 4.79 Å². The maximum Gasteiger partial charge on any atom is 0.246 e. The highest BCUT2D eigenvalue weighted by molar-refractivity contribution is 5.77. The Bertz CT molecular complexity index is 750. The summed E-state index contributed by atoms with van der Waals surface area (Å²) in [6.45, 7) is 2.09. The predicted molar refractivity (Wildman–Crippen MR) is 83.0 cm³/mol. The summed E-state index contributed by atoms with van der Waals surface area (Å²) in [5, 5.41) is 8.63. The lowest BCUT2D eigenvalue weighted by Crippen LogP contribution is -2.33. The molecular weight excluding hydrogens is 278 g/mol. The Morgan fingerprint density at radius 1 is 1.18 bits per heavy atom. The average molecular weight is 295 g/mol. The molecular formula is C16H17N5O. The van der Waals surface area contributed by atoms with Gasteiger partial charge in [0.1, 0.15) is 17.6 Å². The van der Waals surface area contributed by atoms with Crippen LogP contribution in [0.1, 0.15) is 18.5 Å². The number of carbonyl (C=O) groups excluding carboxylic acids is 1. The van der Waals surface area contributed by atoms with Gasteiger partial charge in [-0.05, 0) is 30.7 Å². The van der Waals surface area contributed by atoms with Gasteiger partial charge in [0.05, 0.1) is 6.04 Å². The van der Waals surface area contributed by atoms with Gasteiger partial charge in [0, 0.05) is 19.4 Å². The van der Waals surface area contributed by atoms with E-state index in [1.165, 1.54) is 4.80 Å². The molecule has 0 spiro atoms. The van der Waals surface area contributed by atoms with Crippen LogP contribution >= 0.6 is 0 Å².